The van der Waals surface area contributed by atoms with E-state index in [-0.39, 0.29) is 18.5 Å². The Hall–Kier alpha value is -1.63. The Balaban J connectivity index is 4.26. The Labute approximate surface area is 99.4 Å². The van der Waals surface area contributed by atoms with Crippen molar-refractivity contribution in [2.45, 2.75) is 26.3 Å². The summed E-state index contributed by atoms with van der Waals surface area (Å²) in [5, 5.41) is 19.8. The normalized spacial score (nSPS) is 12.2. The molecule has 0 aliphatic carbocycles. The first-order valence-electron chi connectivity index (χ1n) is 5.30. The predicted octanol–water partition coefficient (Wildman–Crippen LogP) is -0.628. The molecule has 0 bridgehead atoms. The monoisotopic (exact) mass is 246 g/mol. The molecule has 1 unspecified atom stereocenters. The van der Waals surface area contributed by atoms with Gasteiger partial charge in [-0.15, -0.1) is 0 Å². The summed E-state index contributed by atoms with van der Waals surface area (Å²) < 4.78 is 0. The second-order valence-corrected chi connectivity index (χ2v) is 3.81. The van der Waals surface area contributed by atoms with Crippen LogP contribution in [-0.4, -0.2) is 58.6 Å². The largest absolute Gasteiger partial charge is 0.480 e. The van der Waals surface area contributed by atoms with Crippen LogP contribution in [0.2, 0.25) is 0 Å². The molecule has 0 saturated carbocycles. The number of nitrogens with zero attached hydrogens (tertiary/aromatic N) is 1. The van der Waals surface area contributed by atoms with Crippen LogP contribution >= 0.6 is 0 Å². The van der Waals surface area contributed by atoms with E-state index in [9.17, 15) is 14.4 Å². The van der Waals surface area contributed by atoms with E-state index in [0.717, 1.165) is 11.3 Å². The van der Waals surface area contributed by atoms with E-state index >= 15 is 0 Å². The van der Waals surface area contributed by atoms with Crippen LogP contribution in [0.5, 0.6) is 0 Å². The molecule has 0 rings (SSSR count). The Morgan fingerprint density at radius 2 is 1.59 bits per heavy atom. The van der Waals surface area contributed by atoms with Crippen molar-refractivity contribution in [3.05, 3.63) is 0 Å². The van der Waals surface area contributed by atoms with Crippen molar-refractivity contribution >= 4 is 17.8 Å². The number of amides is 1. The maximum atomic E-state index is 11.4. The fourth-order valence-corrected chi connectivity index (χ4v) is 1.18. The zero-order valence-electron chi connectivity index (χ0n) is 9.97. The maximum absolute atomic E-state index is 11.4. The van der Waals surface area contributed by atoms with Crippen molar-refractivity contribution in [1.82, 2.24) is 10.2 Å². The van der Waals surface area contributed by atoms with Crippen molar-refractivity contribution in [3.63, 3.8) is 0 Å². The lowest BCUT2D eigenvalue weighted by Crippen LogP contribution is -2.44. The van der Waals surface area contributed by atoms with Gasteiger partial charge in [0, 0.05) is 6.04 Å². The summed E-state index contributed by atoms with van der Waals surface area (Å²) >= 11 is 0. The highest BCUT2D eigenvalue weighted by Gasteiger charge is 2.17. The average molecular weight is 246 g/mol. The van der Waals surface area contributed by atoms with Crippen molar-refractivity contribution in [1.29, 1.82) is 0 Å². The van der Waals surface area contributed by atoms with Crippen molar-refractivity contribution in [2.75, 3.05) is 19.6 Å². The van der Waals surface area contributed by atoms with Crippen LogP contribution in [0.15, 0.2) is 0 Å². The number of carbonyl (C=O) groups excluding carboxylic acids is 1. The molecular weight excluding hydrogens is 228 g/mol. The molecule has 0 aromatic carbocycles. The zero-order valence-corrected chi connectivity index (χ0v) is 9.97. The number of nitrogens with one attached hydrogen (secondary N) is 1. The summed E-state index contributed by atoms with van der Waals surface area (Å²) in [7, 11) is 0. The number of rotatable bonds is 8. The van der Waals surface area contributed by atoms with Gasteiger partial charge >= 0.3 is 11.9 Å². The molecule has 0 aliphatic rings. The molecule has 7 nitrogen and oxygen atoms in total. The fraction of sp³-hybridized carbons (Fsp3) is 0.700. The van der Waals surface area contributed by atoms with Gasteiger partial charge in [-0.25, -0.2) is 0 Å². The molecule has 0 spiro atoms. The van der Waals surface area contributed by atoms with Gasteiger partial charge in [0.2, 0.25) is 5.91 Å². The van der Waals surface area contributed by atoms with E-state index in [2.05, 4.69) is 5.32 Å². The smallest absolute Gasteiger partial charge is 0.317 e. The highest BCUT2D eigenvalue weighted by Crippen LogP contribution is 1.92. The quantitative estimate of drug-likeness (QED) is 0.526. The van der Waals surface area contributed by atoms with Gasteiger partial charge in [-0.1, -0.05) is 6.92 Å². The molecule has 0 aromatic heterocycles. The minimum Gasteiger partial charge on any atom is -0.480 e. The summed E-state index contributed by atoms with van der Waals surface area (Å²) in [5.41, 5.74) is 0. The third-order valence-corrected chi connectivity index (χ3v) is 2.10. The van der Waals surface area contributed by atoms with E-state index in [1.54, 1.807) is 0 Å². The molecule has 17 heavy (non-hydrogen) atoms. The number of hydrogen-bond acceptors (Lipinski definition) is 4. The highest BCUT2D eigenvalue weighted by atomic mass is 16.4. The van der Waals surface area contributed by atoms with Crippen LogP contribution in [0.3, 0.4) is 0 Å². The van der Waals surface area contributed by atoms with Crippen LogP contribution in [0, 0.1) is 0 Å². The van der Waals surface area contributed by atoms with Gasteiger partial charge in [-0.2, -0.15) is 0 Å². The summed E-state index contributed by atoms with van der Waals surface area (Å²) in [6.45, 7) is 2.54. The maximum Gasteiger partial charge on any atom is 0.317 e. The Morgan fingerprint density at radius 1 is 1.12 bits per heavy atom. The average Bonchev–Trinajstić information content (AvgIpc) is 2.14. The standard InChI is InChI=1S/C10H18N2O5/c1-3-7(2)11-8(13)4-12(5-9(14)15)6-10(16)17/h7H,3-6H2,1-2H3,(H,11,13)(H,14,15)(H,16,17). The van der Waals surface area contributed by atoms with E-state index in [4.69, 9.17) is 10.2 Å². The van der Waals surface area contributed by atoms with E-state index < -0.39 is 25.0 Å². The molecular formula is C10H18N2O5. The zero-order chi connectivity index (χ0) is 13.4. The summed E-state index contributed by atoms with van der Waals surface area (Å²) in [4.78, 5) is 33.5. The summed E-state index contributed by atoms with van der Waals surface area (Å²) in [6.07, 6.45) is 0.754. The lowest BCUT2D eigenvalue weighted by Gasteiger charge is -2.19. The van der Waals surface area contributed by atoms with E-state index in [1.165, 1.54) is 0 Å². The van der Waals surface area contributed by atoms with Gasteiger partial charge in [-0.05, 0) is 13.3 Å². The third kappa shape index (κ3) is 8.21. The van der Waals surface area contributed by atoms with Gasteiger partial charge in [0.15, 0.2) is 0 Å². The van der Waals surface area contributed by atoms with E-state index in [1.807, 2.05) is 13.8 Å². The molecule has 0 fully saturated rings. The minimum atomic E-state index is -1.16. The van der Waals surface area contributed by atoms with Gasteiger partial charge in [0.05, 0.1) is 19.6 Å². The lowest BCUT2D eigenvalue weighted by atomic mass is 10.2. The molecule has 0 radical (unpaired) electrons. The van der Waals surface area contributed by atoms with Crippen molar-refractivity contribution < 1.29 is 24.6 Å². The van der Waals surface area contributed by atoms with Crippen LogP contribution in [-0.2, 0) is 14.4 Å². The Bertz CT molecular complexity index is 276. The predicted molar refractivity (Wildman–Crippen MR) is 59.6 cm³/mol. The first-order chi connectivity index (χ1) is 7.85. The Morgan fingerprint density at radius 3 is 1.94 bits per heavy atom. The van der Waals surface area contributed by atoms with Crippen LogP contribution in [0.4, 0.5) is 0 Å². The molecule has 0 aliphatic heterocycles. The molecule has 0 heterocycles. The first-order valence-corrected chi connectivity index (χ1v) is 5.30. The number of carbonyl (C=O) groups is 3. The second kappa shape index (κ2) is 7.61. The van der Waals surface area contributed by atoms with Gasteiger partial charge in [0.25, 0.3) is 0 Å². The minimum absolute atomic E-state index is 0.0148. The second-order valence-electron chi connectivity index (χ2n) is 3.81. The third-order valence-electron chi connectivity index (χ3n) is 2.10. The molecule has 1 atom stereocenters. The lowest BCUT2D eigenvalue weighted by molar-refractivity contribution is -0.142. The summed E-state index contributed by atoms with van der Waals surface area (Å²) in [5.74, 6) is -2.70. The van der Waals surface area contributed by atoms with Crippen molar-refractivity contribution in [2.24, 2.45) is 0 Å². The number of carboxylic acids is 2. The van der Waals surface area contributed by atoms with Crippen LogP contribution in [0.1, 0.15) is 20.3 Å². The number of hydrogen-bond donors (Lipinski definition) is 3. The van der Waals surface area contributed by atoms with E-state index in [0.29, 0.717) is 0 Å². The topological polar surface area (TPSA) is 107 Å². The van der Waals surface area contributed by atoms with Crippen molar-refractivity contribution in [3.8, 4) is 0 Å². The number of aliphatic carboxylic acids is 2. The molecule has 0 saturated heterocycles. The highest BCUT2D eigenvalue weighted by molar-refractivity contribution is 5.80. The number of carboxylic acid groups (broad SMARTS) is 2. The fourth-order valence-electron chi connectivity index (χ4n) is 1.18. The van der Waals surface area contributed by atoms with Crippen LogP contribution in [0.25, 0.3) is 0 Å². The van der Waals surface area contributed by atoms with Gasteiger partial charge in [-0.3, -0.25) is 19.3 Å². The van der Waals surface area contributed by atoms with Gasteiger partial charge < -0.3 is 15.5 Å². The van der Waals surface area contributed by atoms with Crippen LogP contribution < -0.4 is 5.32 Å². The summed E-state index contributed by atoms with van der Waals surface area (Å²) in [6, 6.07) is -0.0148. The first kappa shape index (κ1) is 15.4. The molecule has 7 heteroatoms. The molecule has 0 aromatic rings. The van der Waals surface area contributed by atoms with Gasteiger partial charge in [0.1, 0.15) is 0 Å². The SMILES string of the molecule is CCC(C)NC(=O)CN(CC(=O)O)CC(=O)O. The molecule has 98 valence electrons. The molecule has 3 N–H and O–H groups in total. The molecule has 1 amide bonds. The Kier molecular flexibility index (Phi) is 6.88.